The van der Waals surface area contributed by atoms with Gasteiger partial charge in [-0.2, -0.15) is 5.10 Å². The van der Waals surface area contributed by atoms with Gasteiger partial charge in [-0.25, -0.2) is 0 Å². The van der Waals surface area contributed by atoms with Crippen molar-refractivity contribution in [1.82, 2.24) is 20.4 Å². The Labute approximate surface area is 199 Å². The third-order valence-corrected chi connectivity index (χ3v) is 4.35. The molecule has 0 radical (unpaired) electrons. The van der Waals surface area contributed by atoms with Crippen LogP contribution in [-0.2, 0) is 24.4 Å². The van der Waals surface area contributed by atoms with Gasteiger partial charge in [-0.1, -0.05) is 24.3 Å². The van der Waals surface area contributed by atoms with Crippen LogP contribution in [0.3, 0.4) is 0 Å². The number of aliphatic imine (C=N–C) groups is 1. The Morgan fingerprint density at radius 2 is 1.77 bits per heavy atom. The van der Waals surface area contributed by atoms with Gasteiger partial charge >= 0.3 is 0 Å². The minimum atomic E-state index is -0.125. The van der Waals surface area contributed by atoms with Gasteiger partial charge in [0.15, 0.2) is 5.96 Å². The van der Waals surface area contributed by atoms with Crippen molar-refractivity contribution in [2.45, 2.75) is 19.6 Å². The Hall–Kier alpha value is -3.08. The molecule has 1 amide bonds. The summed E-state index contributed by atoms with van der Waals surface area (Å²) in [6.07, 6.45) is 3.40. The van der Waals surface area contributed by atoms with E-state index in [0.717, 1.165) is 22.6 Å². The van der Waals surface area contributed by atoms with Crippen molar-refractivity contribution in [3.63, 3.8) is 0 Å². The van der Waals surface area contributed by atoms with E-state index in [-0.39, 0.29) is 36.4 Å². The van der Waals surface area contributed by atoms with Crippen molar-refractivity contribution in [2.75, 3.05) is 19.5 Å². The Balaban J connectivity index is 0.00000341. The molecule has 0 aliphatic rings. The second kappa shape index (κ2) is 12.6. The van der Waals surface area contributed by atoms with E-state index >= 15 is 0 Å². The van der Waals surface area contributed by atoms with Gasteiger partial charge in [-0.3, -0.25) is 14.5 Å². The van der Waals surface area contributed by atoms with Crippen LogP contribution in [0.15, 0.2) is 72.0 Å². The van der Waals surface area contributed by atoms with Crippen LogP contribution in [0.1, 0.15) is 11.1 Å². The Morgan fingerprint density at radius 1 is 1.06 bits per heavy atom. The quantitative estimate of drug-likeness (QED) is 0.235. The highest BCUT2D eigenvalue weighted by Crippen LogP contribution is 2.12. The fourth-order valence-corrected chi connectivity index (χ4v) is 2.88. The number of aromatic nitrogens is 2. The monoisotopic (exact) mass is 534 g/mol. The normalized spacial score (nSPS) is 10.7. The van der Waals surface area contributed by atoms with E-state index in [9.17, 15) is 4.79 Å². The molecule has 1 heterocycles. The number of rotatable bonds is 8. The number of amides is 1. The number of hydrogen-bond donors (Lipinski definition) is 3. The molecule has 0 saturated heterocycles. The molecule has 0 bridgehead atoms. The summed E-state index contributed by atoms with van der Waals surface area (Å²) in [5.41, 5.74) is 2.86. The number of carbonyl (C=O) groups is 1. The Morgan fingerprint density at radius 3 is 2.42 bits per heavy atom. The molecule has 164 valence electrons. The van der Waals surface area contributed by atoms with Crippen LogP contribution in [0.4, 0.5) is 5.69 Å². The smallest absolute Gasteiger partial charge is 0.246 e. The Kier molecular flexibility index (Phi) is 9.82. The van der Waals surface area contributed by atoms with Gasteiger partial charge in [0.25, 0.3) is 0 Å². The second-order valence-corrected chi connectivity index (χ2v) is 6.58. The number of carbonyl (C=O) groups excluding carboxylic acids is 1. The molecule has 0 spiro atoms. The maximum Gasteiger partial charge on any atom is 0.246 e. The van der Waals surface area contributed by atoms with Crippen LogP contribution in [-0.4, -0.2) is 35.8 Å². The molecule has 0 atom stereocenters. The van der Waals surface area contributed by atoms with E-state index in [2.05, 4.69) is 26.0 Å². The summed E-state index contributed by atoms with van der Waals surface area (Å²) >= 11 is 0. The topological polar surface area (TPSA) is 92.6 Å². The maximum absolute atomic E-state index is 12.1. The summed E-state index contributed by atoms with van der Waals surface area (Å²) in [5.74, 6) is 1.38. The molecular formula is C22H27IN6O2. The van der Waals surface area contributed by atoms with Gasteiger partial charge in [-0.05, 0) is 41.5 Å². The van der Waals surface area contributed by atoms with Crippen LogP contribution in [0, 0.1) is 0 Å². The van der Waals surface area contributed by atoms with E-state index in [1.807, 2.05) is 48.5 Å². The maximum atomic E-state index is 12.1. The van der Waals surface area contributed by atoms with Gasteiger partial charge in [0.2, 0.25) is 5.91 Å². The van der Waals surface area contributed by atoms with Crippen LogP contribution < -0.4 is 20.7 Å². The van der Waals surface area contributed by atoms with Gasteiger partial charge < -0.3 is 20.7 Å². The fraction of sp³-hybridized carbons (Fsp3) is 0.227. The van der Waals surface area contributed by atoms with E-state index in [0.29, 0.717) is 19.0 Å². The zero-order valence-corrected chi connectivity index (χ0v) is 19.9. The molecular weight excluding hydrogens is 507 g/mol. The lowest BCUT2D eigenvalue weighted by Gasteiger charge is -2.13. The lowest BCUT2D eigenvalue weighted by Crippen LogP contribution is -2.36. The van der Waals surface area contributed by atoms with Crippen molar-refractivity contribution >= 4 is 41.5 Å². The number of ether oxygens (including phenoxy) is 1. The molecule has 3 rings (SSSR count). The molecule has 3 aromatic rings. The number of hydrogen-bond acceptors (Lipinski definition) is 4. The van der Waals surface area contributed by atoms with Crippen molar-refractivity contribution in [1.29, 1.82) is 0 Å². The molecule has 8 nitrogen and oxygen atoms in total. The number of methoxy groups -OCH3 is 1. The fourth-order valence-electron chi connectivity index (χ4n) is 2.88. The van der Waals surface area contributed by atoms with E-state index in [1.54, 1.807) is 37.3 Å². The molecule has 31 heavy (non-hydrogen) atoms. The third kappa shape index (κ3) is 7.93. The third-order valence-electron chi connectivity index (χ3n) is 4.35. The standard InChI is InChI=1S/C22H26N6O2.HI/c1-23-22(25-15-18-7-4-9-20(13-18)30-2)24-14-17-6-3-8-19(12-17)27-21(29)16-28-11-5-10-26-28;/h3-13H,14-16H2,1-2H3,(H,27,29)(H2,23,24,25);1H. The first-order valence-corrected chi connectivity index (χ1v) is 9.60. The molecule has 2 aromatic carbocycles. The summed E-state index contributed by atoms with van der Waals surface area (Å²) in [4.78, 5) is 16.4. The number of nitrogens with zero attached hydrogens (tertiary/aromatic N) is 3. The predicted octanol–water partition coefficient (Wildman–Crippen LogP) is 3.01. The molecule has 9 heteroatoms. The minimum absolute atomic E-state index is 0. The molecule has 0 fully saturated rings. The van der Waals surface area contributed by atoms with Gasteiger partial charge in [0.05, 0.1) is 7.11 Å². The highest BCUT2D eigenvalue weighted by molar-refractivity contribution is 14.0. The van der Waals surface area contributed by atoms with Gasteiger partial charge in [0, 0.05) is 38.2 Å². The summed E-state index contributed by atoms with van der Waals surface area (Å²) in [6, 6.07) is 17.4. The van der Waals surface area contributed by atoms with Crippen LogP contribution in [0.2, 0.25) is 0 Å². The number of benzene rings is 2. The molecule has 0 saturated carbocycles. The van der Waals surface area contributed by atoms with E-state index in [1.165, 1.54) is 0 Å². The first-order chi connectivity index (χ1) is 14.7. The van der Waals surface area contributed by atoms with Crippen LogP contribution in [0.5, 0.6) is 5.75 Å². The van der Waals surface area contributed by atoms with Crippen molar-refractivity contribution < 1.29 is 9.53 Å². The minimum Gasteiger partial charge on any atom is -0.497 e. The lowest BCUT2D eigenvalue weighted by atomic mass is 10.2. The highest BCUT2D eigenvalue weighted by atomic mass is 127. The number of guanidine groups is 1. The molecule has 0 unspecified atom stereocenters. The number of halogens is 1. The predicted molar refractivity (Wildman–Crippen MR) is 133 cm³/mol. The molecule has 3 N–H and O–H groups in total. The summed E-state index contributed by atoms with van der Waals surface area (Å²) in [7, 11) is 3.38. The second-order valence-electron chi connectivity index (χ2n) is 6.58. The van der Waals surface area contributed by atoms with Gasteiger partial charge in [-0.15, -0.1) is 24.0 Å². The van der Waals surface area contributed by atoms with Crippen molar-refractivity contribution in [3.05, 3.63) is 78.1 Å². The molecule has 0 aliphatic carbocycles. The average Bonchev–Trinajstić information content (AvgIpc) is 3.27. The summed E-state index contributed by atoms with van der Waals surface area (Å²) in [5, 5.41) is 13.5. The molecule has 0 aliphatic heterocycles. The zero-order chi connectivity index (χ0) is 21.2. The number of anilines is 1. The largest absolute Gasteiger partial charge is 0.497 e. The zero-order valence-electron chi connectivity index (χ0n) is 17.5. The molecule has 1 aromatic heterocycles. The summed E-state index contributed by atoms with van der Waals surface area (Å²) < 4.78 is 6.83. The Bertz CT molecular complexity index is 991. The average molecular weight is 534 g/mol. The highest BCUT2D eigenvalue weighted by Gasteiger charge is 2.05. The van der Waals surface area contributed by atoms with Crippen LogP contribution in [0.25, 0.3) is 0 Å². The van der Waals surface area contributed by atoms with E-state index < -0.39 is 0 Å². The van der Waals surface area contributed by atoms with E-state index in [4.69, 9.17) is 4.74 Å². The van der Waals surface area contributed by atoms with Crippen molar-refractivity contribution in [3.8, 4) is 5.75 Å². The van der Waals surface area contributed by atoms with Gasteiger partial charge in [0.1, 0.15) is 12.3 Å². The summed E-state index contributed by atoms with van der Waals surface area (Å²) in [6.45, 7) is 1.37. The lowest BCUT2D eigenvalue weighted by molar-refractivity contribution is -0.116. The SMILES string of the molecule is CN=C(NCc1cccc(NC(=O)Cn2cccn2)c1)NCc1cccc(OC)c1.I. The van der Waals surface area contributed by atoms with Crippen LogP contribution >= 0.6 is 24.0 Å². The first kappa shape index (κ1) is 24.2. The number of nitrogens with one attached hydrogen (secondary N) is 3. The first-order valence-electron chi connectivity index (χ1n) is 9.60. The van der Waals surface area contributed by atoms with Crippen molar-refractivity contribution in [2.24, 2.45) is 4.99 Å².